The largest absolute Gasteiger partial charge is 0.239 e. The number of benzene rings is 7. The van der Waals surface area contributed by atoms with Crippen molar-refractivity contribution in [3.63, 3.8) is 0 Å². The van der Waals surface area contributed by atoms with Crippen LogP contribution in [-0.2, 0) is 12.8 Å². The van der Waals surface area contributed by atoms with Crippen LogP contribution in [0.2, 0.25) is 0 Å². The number of fused-ring (bicyclic) bond motifs is 4. The Bertz CT molecular complexity index is 3000. The van der Waals surface area contributed by atoms with Gasteiger partial charge in [-0.2, -0.15) is 5.26 Å². The van der Waals surface area contributed by atoms with Crippen molar-refractivity contribution in [2.24, 2.45) is 4.99 Å². The van der Waals surface area contributed by atoms with Gasteiger partial charge in [-0.05, 0) is 128 Å². The number of hydrogen-bond donors (Lipinski definition) is 0. The summed E-state index contributed by atoms with van der Waals surface area (Å²) in [6, 6.07) is 62.5. The molecule has 0 aromatic heterocycles. The summed E-state index contributed by atoms with van der Waals surface area (Å²) in [4.78, 5) is 5.38. The SMILES string of the molecule is C=C1c2ccccc2-c2ccccc2C1Cc1cc(C2=NC(c3ccccc3)=C=CC(c3ccccc3)=C2)cc(-c2ccc3c(c2)C=CC3Cc2cccc(C#N)c2)c1. The van der Waals surface area contributed by atoms with Crippen molar-refractivity contribution in [3.8, 4) is 28.3 Å². The van der Waals surface area contributed by atoms with Crippen molar-refractivity contribution in [2.75, 3.05) is 0 Å². The molecule has 0 N–H and O–H groups in total. The average molecular weight is 753 g/mol. The molecule has 10 rings (SSSR count). The lowest BCUT2D eigenvalue weighted by molar-refractivity contribution is 0.849. The molecule has 1 heterocycles. The molecule has 0 fully saturated rings. The molecular weight excluding hydrogens is 713 g/mol. The van der Waals surface area contributed by atoms with E-state index in [1.807, 2.05) is 24.3 Å². The van der Waals surface area contributed by atoms with Crippen molar-refractivity contribution >= 4 is 28.6 Å². The number of allylic oxidation sites excluding steroid dienone is 5. The zero-order chi connectivity index (χ0) is 39.7. The van der Waals surface area contributed by atoms with E-state index in [4.69, 9.17) is 11.6 Å². The van der Waals surface area contributed by atoms with E-state index in [1.165, 1.54) is 44.5 Å². The molecule has 1 aliphatic heterocycles. The fourth-order valence-electron chi connectivity index (χ4n) is 8.98. The topological polar surface area (TPSA) is 36.1 Å². The lowest BCUT2D eigenvalue weighted by Crippen LogP contribution is -2.13. The Morgan fingerprint density at radius 2 is 1.31 bits per heavy atom. The van der Waals surface area contributed by atoms with E-state index in [1.54, 1.807) is 0 Å². The molecule has 3 aliphatic rings. The summed E-state index contributed by atoms with van der Waals surface area (Å²) in [5.74, 6) is 0.369. The molecule has 2 nitrogen and oxygen atoms in total. The van der Waals surface area contributed by atoms with Crippen LogP contribution >= 0.6 is 0 Å². The van der Waals surface area contributed by atoms with E-state index in [9.17, 15) is 5.26 Å². The van der Waals surface area contributed by atoms with Crippen molar-refractivity contribution in [1.82, 2.24) is 0 Å². The first-order chi connectivity index (χ1) is 29.1. The van der Waals surface area contributed by atoms with Gasteiger partial charge in [0, 0.05) is 23.0 Å². The predicted octanol–water partition coefficient (Wildman–Crippen LogP) is 13.7. The van der Waals surface area contributed by atoms with Crippen LogP contribution in [0.5, 0.6) is 0 Å². The third-order valence-electron chi connectivity index (χ3n) is 11.9. The minimum atomic E-state index is 0.111. The standard InChI is InChI=1S/C57H40N2/c1-38-50-19-8-9-20-52(50)53-21-10-11-22-54(53)55(38)33-41-31-48(44-25-27-51-46(23-24-47(51)34-44)30-39-13-12-14-40(29-39)37-58)35-49(32-41)57-36-45(42-15-4-2-5-16-42)26-28-56(59-57)43-17-6-3-7-18-43/h2-27,29,31-32,34-36,46,55H,1,30,33H2. The summed E-state index contributed by atoms with van der Waals surface area (Å²) < 4.78 is 0. The van der Waals surface area contributed by atoms with Gasteiger partial charge in [-0.3, -0.25) is 0 Å². The maximum absolute atomic E-state index is 9.49. The highest BCUT2D eigenvalue weighted by molar-refractivity contribution is 6.16. The normalized spacial score (nSPS) is 16.2. The summed E-state index contributed by atoms with van der Waals surface area (Å²) in [5.41, 5.74) is 23.7. The van der Waals surface area contributed by atoms with Gasteiger partial charge >= 0.3 is 0 Å². The Kier molecular flexibility index (Phi) is 9.36. The van der Waals surface area contributed by atoms with Gasteiger partial charge in [-0.1, -0.05) is 164 Å². The van der Waals surface area contributed by atoms with E-state index in [2.05, 4.69) is 182 Å². The van der Waals surface area contributed by atoms with Gasteiger partial charge in [0.2, 0.25) is 0 Å². The Hall–Kier alpha value is -7.56. The Morgan fingerprint density at radius 3 is 2.12 bits per heavy atom. The first-order valence-electron chi connectivity index (χ1n) is 20.3. The highest BCUT2D eigenvalue weighted by atomic mass is 14.8. The van der Waals surface area contributed by atoms with E-state index in [0.29, 0.717) is 5.56 Å². The highest BCUT2D eigenvalue weighted by Crippen LogP contribution is 2.47. The van der Waals surface area contributed by atoms with Crippen molar-refractivity contribution in [1.29, 1.82) is 5.26 Å². The maximum Gasteiger partial charge on any atom is 0.113 e. The smallest absolute Gasteiger partial charge is 0.113 e. The van der Waals surface area contributed by atoms with Gasteiger partial charge in [-0.15, -0.1) is 0 Å². The van der Waals surface area contributed by atoms with Crippen molar-refractivity contribution in [3.05, 3.63) is 256 Å². The maximum atomic E-state index is 9.49. The summed E-state index contributed by atoms with van der Waals surface area (Å²) in [5, 5.41) is 9.49. The van der Waals surface area contributed by atoms with Crippen LogP contribution in [0, 0.1) is 11.3 Å². The van der Waals surface area contributed by atoms with Gasteiger partial charge in [-0.25, -0.2) is 4.99 Å². The lowest BCUT2D eigenvalue weighted by Gasteiger charge is -2.30. The van der Waals surface area contributed by atoms with Crippen LogP contribution in [0.15, 0.2) is 205 Å². The molecule has 0 bridgehead atoms. The minimum Gasteiger partial charge on any atom is -0.239 e. The molecule has 0 saturated carbocycles. The molecule has 7 aromatic carbocycles. The van der Waals surface area contributed by atoms with E-state index >= 15 is 0 Å². The second kappa shape index (κ2) is 15.4. The highest BCUT2D eigenvalue weighted by Gasteiger charge is 2.28. The number of rotatable bonds is 8. The molecule has 0 saturated heterocycles. The van der Waals surface area contributed by atoms with E-state index in [0.717, 1.165) is 63.2 Å². The second-order valence-corrected chi connectivity index (χ2v) is 15.6. The van der Waals surface area contributed by atoms with Crippen LogP contribution in [0.4, 0.5) is 0 Å². The fraction of sp³-hybridized carbons (Fsp3) is 0.0702. The molecule has 59 heavy (non-hydrogen) atoms. The number of nitrogens with zero attached hydrogens (tertiary/aromatic N) is 2. The average Bonchev–Trinajstić information content (AvgIpc) is 3.55. The molecule has 2 aliphatic carbocycles. The third-order valence-corrected chi connectivity index (χ3v) is 11.9. The quantitative estimate of drug-likeness (QED) is 0.142. The van der Waals surface area contributed by atoms with Crippen LogP contribution in [0.25, 0.3) is 45.2 Å². The van der Waals surface area contributed by atoms with Crippen molar-refractivity contribution in [2.45, 2.75) is 24.7 Å². The summed E-state index contributed by atoms with van der Waals surface area (Å²) in [6.45, 7) is 4.74. The van der Waals surface area contributed by atoms with Gasteiger partial charge in [0.05, 0.1) is 17.3 Å². The van der Waals surface area contributed by atoms with E-state index in [-0.39, 0.29) is 11.8 Å². The predicted molar refractivity (Wildman–Crippen MR) is 245 cm³/mol. The van der Waals surface area contributed by atoms with E-state index < -0.39 is 0 Å². The molecule has 7 aromatic rings. The van der Waals surface area contributed by atoms with Crippen molar-refractivity contribution < 1.29 is 0 Å². The number of hydrogen-bond acceptors (Lipinski definition) is 2. The lowest BCUT2D eigenvalue weighted by atomic mass is 9.73. The fourth-order valence-corrected chi connectivity index (χ4v) is 8.98. The van der Waals surface area contributed by atoms with Gasteiger partial charge in [0.25, 0.3) is 0 Å². The number of nitriles is 1. The summed E-state index contributed by atoms with van der Waals surface area (Å²) >= 11 is 0. The molecular formula is C57H40N2. The first kappa shape index (κ1) is 35.8. The Morgan fingerprint density at radius 1 is 0.576 bits per heavy atom. The molecule has 2 unspecified atom stereocenters. The molecule has 278 valence electrons. The van der Waals surface area contributed by atoms with Crippen LogP contribution in [0.1, 0.15) is 67.5 Å². The number of aliphatic imine (C=N–C) groups is 1. The first-order valence-corrected chi connectivity index (χ1v) is 20.3. The molecule has 0 radical (unpaired) electrons. The zero-order valence-corrected chi connectivity index (χ0v) is 32.6. The molecule has 0 amide bonds. The zero-order valence-electron chi connectivity index (χ0n) is 32.6. The minimum absolute atomic E-state index is 0.111. The van der Waals surface area contributed by atoms with Crippen LogP contribution < -0.4 is 0 Å². The summed E-state index contributed by atoms with van der Waals surface area (Å²) in [7, 11) is 0. The summed E-state index contributed by atoms with van der Waals surface area (Å²) in [6.07, 6.45) is 10.5. The second-order valence-electron chi connectivity index (χ2n) is 15.6. The van der Waals surface area contributed by atoms with Gasteiger partial charge in [0.15, 0.2) is 0 Å². The van der Waals surface area contributed by atoms with Crippen LogP contribution in [-0.4, -0.2) is 5.71 Å². The monoisotopic (exact) mass is 752 g/mol. The molecule has 0 spiro atoms. The Balaban J connectivity index is 1.10. The molecule has 2 heteroatoms. The van der Waals surface area contributed by atoms with Gasteiger partial charge < -0.3 is 0 Å². The van der Waals surface area contributed by atoms with Crippen LogP contribution in [0.3, 0.4) is 0 Å². The molecule has 2 atom stereocenters. The third kappa shape index (κ3) is 7.06. The Labute approximate surface area is 346 Å². The van der Waals surface area contributed by atoms with Gasteiger partial charge in [0.1, 0.15) is 5.70 Å².